The molecule has 3 heterocycles. The smallest absolute Gasteiger partial charge is 0.317 e. The maximum atomic E-state index is 12.7. The van der Waals surface area contributed by atoms with Crippen LogP contribution in [0.5, 0.6) is 11.5 Å². The number of nitrogens with one attached hydrogen (secondary N) is 1. The molecule has 0 spiro atoms. The third-order valence-electron chi connectivity index (χ3n) is 5.42. The van der Waals surface area contributed by atoms with Crippen molar-refractivity contribution in [1.82, 2.24) is 15.2 Å². The summed E-state index contributed by atoms with van der Waals surface area (Å²) in [7, 11) is 0. The molecule has 1 aromatic heterocycles. The van der Waals surface area contributed by atoms with Gasteiger partial charge in [-0.15, -0.1) is 11.3 Å². The van der Waals surface area contributed by atoms with Crippen LogP contribution < -0.4 is 14.8 Å². The number of fused-ring (bicyclic) bond motifs is 2. The molecule has 0 aliphatic carbocycles. The average molecular weight is 410 g/mol. The third kappa shape index (κ3) is 3.87. The molecular weight excluding hydrogens is 386 g/mol. The van der Waals surface area contributed by atoms with Gasteiger partial charge < -0.3 is 19.7 Å². The van der Waals surface area contributed by atoms with Crippen LogP contribution in [0.2, 0.25) is 0 Å². The zero-order valence-corrected chi connectivity index (χ0v) is 16.9. The normalized spacial score (nSPS) is 21.2. The van der Waals surface area contributed by atoms with Crippen LogP contribution in [0.25, 0.3) is 10.2 Å². The van der Waals surface area contributed by atoms with Gasteiger partial charge in [-0.3, -0.25) is 0 Å². The van der Waals surface area contributed by atoms with Crippen LogP contribution in [0.3, 0.4) is 0 Å². The highest BCUT2D eigenvalue weighted by Crippen LogP contribution is 2.33. The molecule has 7 heteroatoms. The Morgan fingerprint density at radius 2 is 2.00 bits per heavy atom. The summed E-state index contributed by atoms with van der Waals surface area (Å²) in [6.07, 6.45) is 1.88. The molecule has 2 atom stereocenters. The third-order valence-corrected chi connectivity index (χ3v) is 6.62. The Hall–Kier alpha value is -2.80. The van der Waals surface area contributed by atoms with Gasteiger partial charge in [-0.2, -0.15) is 0 Å². The summed E-state index contributed by atoms with van der Waals surface area (Å²) in [5.74, 6) is 1.78. The number of carbonyl (C=O) groups excluding carboxylic acids is 1. The first-order chi connectivity index (χ1) is 14.3. The van der Waals surface area contributed by atoms with Gasteiger partial charge in [-0.05, 0) is 37.1 Å². The summed E-state index contributed by atoms with van der Waals surface area (Å²) >= 11 is 1.74. The lowest BCUT2D eigenvalue weighted by molar-refractivity contribution is 0.0894. The average Bonchev–Trinajstić information content (AvgIpc) is 3.22. The van der Waals surface area contributed by atoms with Gasteiger partial charge in [0, 0.05) is 19.0 Å². The van der Waals surface area contributed by atoms with Crippen molar-refractivity contribution in [3.8, 4) is 11.5 Å². The number of nitrogens with zero attached hydrogens (tertiary/aromatic N) is 2. The van der Waals surface area contributed by atoms with Crippen LogP contribution in [0.15, 0.2) is 48.5 Å². The number of carbonyl (C=O) groups is 1. The zero-order valence-electron chi connectivity index (χ0n) is 16.0. The van der Waals surface area contributed by atoms with Gasteiger partial charge in [-0.1, -0.05) is 24.3 Å². The number of ether oxygens (including phenoxy) is 2. The SMILES string of the molecule is O=C(NCC1COc2ccccc2O1)N1CCCC(c2nc3ccccc3s2)C1. The highest BCUT2D eigenvalue weighted by atomic mass is 32.1. The predicted octanol–water partition coefficient (Wildman–Crippen LogP) is 4.03. The molecule has 150 valence electrons. The van der Waals surface area contributed by atoms with Crippen LogP contribution in [0, 0.1) is 0 Å². The molecule has 0 bridgehead atoms. The number of likely N-dealkylation sites (tertiary alicyclic amines) is 1. The minimum atomic E-state index is -0.182. The standard InChI is InChI=1S/C22H23N3O3S/c26-22(23-12-16-14-27-18-8-2-3-9-19(18)28-16)25-11-5-6-15(13-25)21-24-17-7-1-4-10-20(17)29-21/h1-4,7-10,15-16H,5-6,11-14H2,(H,23,26). The second-order valence-electron chi connectivity index (χ2n) is 7.49. The van der Waals surface area contributed by atoms with Crippen LogP contribution in [0.4, 0.5) is 4.79 Å². The van der Waals surface area contributed by atoms with Gasteiger partial charge in [0.2, 0.25) is 0 Å². The first-order valence-corrected chi connectivity index (χ1v) is 10.8. The molecule has 6 nitrogen and oxygen atoms in total. The van der Waals surface area contributed by atoms with E-state index in [1.54, 1.807) is 11.3 Å². The fourth-order valence-electron chi connectivity index (χ4n) is 3.90. The van der Waals surface area contributed by atoms with Crippen molar-refractivity contribution in [2.75, 3.05) is 26.2 Å². The van der Waals surface area contributed by atoms with Crippen molar-refractivity contribution in [1.29, 1.82) is 0 Å². The fraction of sp³-hybridized carbons (Fsp3) is 0.364. The number of para-hydroxylation sites is 3. The van der Waals surface area contributed by atoms with E-state index in [-0.39, 0.29) is 12.1 Å². The van der Waals surface area contributed by atoms with Crippen molar-refractivity contribution >= 4 is 27.6 Å². The number of urea groups is 1. The Kier molecular flexibility index (Phi) is 4.97. The number of piperidine rings is 1. The van der Waals surface area contributed by atoms with E-state index in [0.717, 1.165) is 41.4 Å². The van der Waals surface area contributed by atoms with E-state index in [0.29, 0.717) is 25.6 Å². The number of thiazole rings is 1. The highest BCUT2D eigenvalue weighted by molar-refractivity contribution is 7.18. The van der Waals surface area contributed by atoms with Gasteiger partial charge in [0.25, 0.3) is 0 Å². The number of rotatable bonds is 3. The van der Waals surface area contributed by atoms with Crippen molar-refractivity contribution in [2.24, 2.45) is 0 Å². The van der Waals surface area contributed by atoms with E-state index >= 15 is 0 Å². The molecule has 2 aliphatic heterocycles. The highest BCUT2D eigenvalue weighted by Gasteiger charge is 2.28. The topological polar surface area (TPSA) is 63.7 Å². The maximum Gasteiger partial charge on any atom is 0.317 e. The van der Waals surface area contributed by atoms with Gasteiger partial charge in [0.15, 0.2) is 17.6 Å². The Morgan fingerprint density at radius 3 is 2.90 bits per heavy atom. The summed E-state index contributed by atoms with van der Waals surface area (Å²) in [6.45, 7) is 2.34. The Bertz CT molecular complexity index is 988. The number of hydrogen-bond donors (Lipinski definition) is 1. The number of aromatic nitrogens is 1. The lowest BCUT2D eigenvalue weighted by atomic mass is 9.99. The van der Waals surface area contributed by atoms with E-state index in [1.165, 1.54) is 4.70 Å². The summed E-state index contributed by atoms with van der Waals surface area (Å²) in [5, 5.41) is 4.15. The molecule has 1 fully saturated rings. The second-order valence-corrected chi connectivity index (χ2v) is 8.55. The maximum absolute atomic E-state index is 12.7. The molecule has 2 unspecified atom stereocenters. The number of amides is 2. The predicted molar refractivity (Wildman–Crippen MR) is 113 cm³/mol. The number of hydrogen-bond acceptors (Lipinski definition) is 5. The number of benzene rings is 2. The van der Waals surface area contributed by atoms with E-state index in [2.05, 4.69) is 11.4 Å². The van der Waals surface area contributed by atoms with Gasteiger partial charge in [-0.25, -0.2) is 9.78 Å². The van der Waals surface area contributed by atoms with Crippen LogP contribution in [-0.4, -0.2) is 48.3 Å². The lowest BCUT2D eigenvalue weighted by Crippen LogP contribution is -2.48. The monoisotopic (exact) mass is 409 g/mol. The largest absolute Gasteiger partial charge is 0.486 e. The second kappa shape index (κ2) is 7.91. The first kappa shape index (κ1) is 18.2. The fourth-order valence-corrected chi connectivity index (χ4v) is 5.00. The summed E-state index contributed by atoms with van der Waals surface area (Å²) in [4.78, 5) is 19.4. The Labute approximate surface area is 173 Å². The molecule has 2 aromatic carbocycles. The quantitative estimate of drug-likeness (QED) is 0.710. The Morgan fingerprint density at radius 1 is 1.17 bits per heavy atom. The summed E-state index contributed by atoms with van der Waals surface area (Å²) in [6, 6.07) is 15.8. The molecule has 5 rings (SSSR count). The van der Waals surface area contributed by atoms with Gasteiger partial charge >= 0.3 is 6.03 Å². The first-order valence-electron chi connectivity index (χ1n) is 10.0. The molecule has 1 saturated heterocycles. The lowest BCUT2D eigenvalue weighted by Gasteiger charge is -2.33. The van der Waals surface area contributed by atoms with E-state index in [4.69, 9.17) is 14.5 Å². The van der Waals surface area contributed by atoms with Crippen molar-refractivity contribution in [2.45, 2.75) is 24.9 Å². The molecule has 3 aromatic rings. The molecular formula is C22H23N3O3S. The molecule has 0 saturated carbocycles. The Balaban J connectivity index is 1.18. The summed E-state index contributed by atoms with van der Waals surface area (Å²) in [5.41, 5.74) is 1.05. The zero-order chi connectivity index (χ0) is 19.6. The van der Waals surface area contributed by atoms with Crippen LogP contribution >= 0.6 is 11.3 Å². The van der Waals surface area contributed by atoms with Crippen molar-refractivity contribution in [3.05, 3.63) is 53.5 Å². The van der Waals surface area contributed by atoms with E-state index < -0.39 is 0 Å². The van der Waals surface area contributed by atoms with E-state index in [1.807, 2.05) is 47.4 Å². The van der Waals surface area contributed by atoms with Crippen molar-refractivity contribution in [3.63, 3.8) is 0 Å². The van der Waals surface area contributed by atoms with E-state index in [9.17, 15) is 4.79 Å². The van der Waals surface area contributed by atoms with Gasteiger partial charge in [0.1, 0.15) is 6.61 Å². The molecule has 1 N–H and O–H groups in total. The van der Waals surface area contributed by atoms with Gasteiger partial charge in [0.05, 0.1) is 21.8 Å². The summed E-state index contributed by atoms with van der Waals surface area (Å²) < 4.78 is 12.9. The molecule has 29 heavy (non-hydrogen) atoms. The van der Waals surface area contributed by atoms with Crippen LogP contribution in [0.1, 0.15) is 23.8 Å². The minimum Gasteiger partial charge on any atom is -0.486 e. The van der Waals surface area contributed by atoms with Crippen LogP contribution in [-0.2, 0) is 0 Å². The molecule has 2 aliphatic rings. The molecule has 0 radical (unpaired) electrons. The minimum absolute atomic E-state index is 0.0433. The van der Waals surface area contributed by atoms with Crippen molar-refractivity contribution < 1.29 is 14.3 Å². The molecule has 2 amide bonds.